The summed E-state index contributed by atoms with van der Waals surface area (Å²) in [4.78, 5) is 4.65. The molecular weight excluding hydrogens is 496 g/mol. The van der Waals surface area contributed by atoms with Gasteiger partial charge in [0.15, 0.2) is 0 Å². The first-order valence-corrected chi connectivity index (χ1v) is 8.33. The van der Waals surface area contributed by atoms with Crippen LogP contribution in [0, 0.1) is 6.07 Å². The van der Waals surface area contributed by atoms with Gasteiger partial charge in [0.1, 0.15) is 0 Å². The van der Waals surface area contributed by atoms with Crippen LogP contribution in [0.2, 0.25) is 0 Å². The Kier molecular flexibility index (Phi) is 4.42. The Balaban J connectivity index is 0.00000168. The Morgan fingerprint density at radius 1 is 0.731 bits per heavy atom. The zero-order valence-corrected chi connectivity index (χ0v) is 16.3. The molecule has 0 atom stereocenters. The van der Waals surface area contributed by atoms with Gasteiger partial charge in [0.05, 0.1) is 5.82 Å². The van der Waals surface area contributed by atoms with Gasteiger partial charge in [-0.25, -0.2) is 0 Å². The molecule has 0 saturated carbocycles. The minimum Gasteiger partial charge on any atom is -0.339 e. The number of aromatic nitrogens is 2. The van der Waals surface area contributed by atoms with Gasteiger partial charge in [-0.3, -0.25) is 4.98 Å². The van der Waals surface area contributed by atoms with Crippen LogP contribution < -0.4 is 0 Å². The maximum absolute atomic E-state index is 4.65. The number of nitrogens with zero attached hydrogens (tertiary/aromatic N) is 2. The third kappa shape index (κ3) is 2.66. The molecule has 0 amide bonds. The van der Waals surface area contributed by atoms with Crippen molar-refractivity contribution in [1.29, 1.82) is 0 Å². The minimum atomic E-state index is 0. The molecule has 1 heterocycles. The van der Waals surface area contributed by atoms with Crippen LogP contribution in [-0.2, 0) is 20.1 Å². The monoisotopic (exact) mass is 512 g/mol. The maximum Gasteiger partial charge on any atom is 0.0608 e. The van der Waals surface area contributed by atoms with Gasteiger partial charge >= 0.3 is 0 Å². The van der Waals surface area contributed by atoms with Crippen LogP contribution in [-0.4, -0.2) is 9.55 Å². The molecule has 0 aliphatic rings. The first kappa shape index (κ1) is 16.7. The minimum absolute atomic E-state index is 0. The van der Waals surface area contributed by atoms with Crippen LogP contribution in [0.4, 0.5) is 0 Å². The van der Waals surface area contributed by atoms with Crippen molar-refractivity contribution in [3.05, 3.63) is 97.3 Å². The van der Waals surface area contributed by atoms with Crippen LogP contribution in [0.3, 0.4) is 0 Å². The maximum atomic E-state index is 4.65. The summed E-state index contributed by atoms with van der Waals surface area (Å²) in [5, 5.41) is 4.80. The van der Waals surface area contributed by atoms with Gasteiger partial charge in [0.2, 0.25) is 0 Å². The normalized spacial score (nSPS) is 10.8. The number of benzene rings is 4. The summed E-state index contributed by atoms with van der Waals surface area (Å²) in [6.45, 7) is 0. The second-order valence-electron chi connectivity index (χ2n) is 6.06. The molecule has 0 unspecified atom stereocenters. The van der Waals surface area contributed by atoms with Crippen LogP contribution in [0.15, 0.2) is 91.3 Å². The van der Waals surface area contributed by atoms with Gasteiger partial charge < -0.3 is 4.57 Å². The largest absolute Gasteiger partial charge is 0.339 e. The van der Waals surface area contributed by atoms with E-state index in [-0.39, 0.29) is 20.1 Å². The first-order chi connectivity index (χ1) is 12.4. The molecule has 127 valence electrons. The Morgan fingerprint density at radius 3 is 2.27 bits per heavy atom. The summed E-state index contributed by atoms with van der Waals surface area (Å²) < 4.78 is 2.15. The second kappa shape index (κ2) is 6.87. The summed E-state index contributed by atoms with van der Waals surface area (Å²) in [5.74, 6) is 0.910. The molecule has 2 nitrogen and oxygen atoms in total. The Labute approximate surface area is 165 Å². The van der Waals surface area contributed by atoms with Crippen molar-refractivity contribution < 1.29 is 20.1 Å². The molecule has 4 aromatic carbocycles. The van der Waals surface area contributed by atoms with E-state index in [0.29, 0.717) is 0 Å². The molecule has 0 spiro atoms. The van der Waals surface area contributed by atoms with E-state index in [9.17, 15) is 0 Å². The van der Waals surface area contributed by atoms with Crippen molar-refractivity contribution in [2.24, 2.45) is 0 Å². The van der Waals surface area contributed by atoms with Crippen molar-refractivity contribution >= 4 is 21.5 Å². The summed E-state index contributed by atoms with van der Waals surface area (Å²) in [7, 11) is 0. The molecule has 0 N–H and O–H groups in total. The SMILES string of the molecule is [Ir].[c-]1ccc2ccccc2c1-c1nccn1-c1cccc2ccccc12. The first-order valence-electron chi connectivity index (χ1n) is 8.33. The molecule has 0 saturated heterocycles. The van der Waals surface area contributed by atoms with E-state index >= 15 is 0 Å². The fourth-order valence-corrected chi connectivity index (χ4v) is 3.45. The average molecular weight is 512 g/mol. The molecule has 5 aromatic rings. The molecular formula is C23H15IrN2-. The summed E-state index contributed by atoms with van der Waals surface area (Å²) in [5.41, 5.74) is 2.16. The predicted molar refractivity (Wildman–Crippen MR) is 103 cm³/mol. The van der Waals surface area contributed by atoms with Crippen molar-refractivity contribution in [2.75, 3.05) is 0 Å². The molecule has 1 aromatic heterocycles. The van der Waals surface area contributed by atoms with Crippen molar-refractivity contribution in [3.63, 3.8) is 0 Å². The fourth-order valence-electron chi connectivity index (χ4n) is 3.45. The number of rotatable bonds is 2. The van der Waals surface area contributed by atoms with Crippen molar-refractivity contribution in [2.45, 2.75) is 0 Å². The molecule has 26 heavy (non-hydrogen) atoms. The Morgan fingerprint density at radius 2 is 1.42 bits per heavy atom. The van der Waals surface area contributed by atoms with Gasteiger partial charge in [0.25, 0.3) is 0 Å². The third-order valence-electron chi connectivity index (χ3n) is 4.61. The van der Waals surface area contributed by atoms with Crippen LogP contribution in [0.25, 0.3) is 38.6 Å². The second-order valence-corrected chi connectivity index (χ2v) is 6.06. The van der Waals surface area contributed by atoms with Gasteiger partial charge in [-0.1, -0.05) is 66.0 Å². The molecule has 0 bridgehead atoms. The Hall–Kier alpha value is -2.74. The third-order valence-corrected chi connectivity index (χ3v) is 4.61. The van der Waals surface area contributed by atoms with Crippen molar-refractivity contribution in [1.82, 2.24) is 9.55 Å². The van der Waals surface area contributed by atoms with Crippen molar-refractivity contribution in [3.8, 4) is 17.1 Å². The van der Waals surface area contributed by atoms with E-state index < -0.39 is 0 Å². The fraction of sp³-hybridized carbons (Fsp3) is 0. The van der Waals surface area contributed by atoms with E-state index in [4.69, 9.17) is 0 Å². The van der Waals surface area contributed by atoms with E-state index in [2.05, 4.69) is 88.4 Å². The smallest absolute Gasteiger partial charge is 0.0608 e. The van der Waals surface area contributed by atoms with E-state index in [1.165, 1.54) is 16.2 Å². The molecule has 0 fully saturated rings. The number of imidazole rings is 1. The van der Waals surface area contributed by atoms with Gasteiger partial charge in [0, 0.05) is 43.6 Å². The standard InChI is InChI=1S/C23H15N2.Ir/c1-3-11-19-17(7-1)9-5-13-21(19)23-24-15-16-25(23)22-14-6-10-18-8-2-4-12-20(18)22;/h1-12,14-16H;/q-1;. The number of fused-ring (bicyclic) bond motifs is 2. The number of hydrogen-bond donors (Lipinski definition) is 0. The summed E-state index contributed by atoms with van der Waals surface area (Å²) in [6.07, 6.45) is 3.87. The zero-order chi connectivity index (χ0) is 16.6. The topological polar surface area (TPSA) is 17.8 Å². The molecule has 3 heteroatoms. The molecule has 0 aliphatic carbocycles. The van der Waals surface area contributed by atoms with Gasteiger partial charge in [-0.15, -0.1) is 29.1 Å². The molecule has 5 rings (SSSR count). The quantitative estimate of drug-likeness (QED) is 0.281. The van der Waals surface area contributed by atoms with Gasteiger partial charge in [-0.2, -0.15) is 0 Å². The van der Waals surface area contributed by atoms with Crippen LogP contribution in [0.5, 0.6) is 0 Å². The van der Waals surface area contributed by atoms with E-state index in [1.807, 2.05) is 18.5 Å². The summed E-state index contributed by atoms with van der Waals surface area (Å²) in [6, 6.07) is 30.6. The molecule has 1 radical (unpaired) electrons. The average Bonchev–Trinajstić information content (AvgIpc) is 3.16. The van der Waals surface area contributed by atoms with E-state index in [0.717, 1.165) is 22.5 Å². The predicted octanol–water partition coefficient (Wildman–Crippen LogP) is 5.64. The molecule has 0 aliphatic heterocycles. The van der Waals surface area contributed by atoms with E-state index in [1.54, 1.807) is 0 Å². The van der Waals surface area contributed by atoms with Crippen LogP contribution >= 0.6 is 0 Å². The zero-order valence-electron chi connectivity index (χ0n) is 13.9. The van der Waals surface area contributed by atoms with Gasteiger partial charge in [-0.05, 0) is 11.5 Å². The summed E-state index contributed by atoms with van der Waals surface area (Å²) >= 11 is 0. The Bertz CT molecular complexity index is 1100. The number of hydrogen-bond acceptors (Lipinski definition) is 1. The van der Waals surface area contributed by atoms with Crippen LogP contribution in [0.1, 0.15) is 0 Å².